The summed E-state index contributed by atoms with van der Waals surface area (Å²) in [5.41, 5.74) is 5.46. The molecule has 3 aromatic rings. The van der Waals surface area contributed by atoms with Gasteiger partial charge in [0.05, 0.1) is 12.0 Å². The summed E-state index contributed by atoms with van der Waals surface area (Å²) in [5.74, 6) is 6.25. The summed E-state index contributed by atoms with van der Waals surface area (Å²) in [6.07, 6.45) is 1.65. The Bertz CT molecular complexity index is 940. The van der Waals surface area contributed by atoms with E-state index in [-0.39, 0.29) is 17.6 Å². The van der Waals surface area contributed by atoms with Crippen LogP contribution in [0.15, 0.2) is 64.9 Å². The molecular weight excluding hydrogens is 362 g/mol. The van der Waals surface area contributed by atoms with Crippen LogP contribution in [-0.2, 0) is 4.79 Å². The number of benzene rings is 2. The highest BCUT2D eigenvalue weighted by atomic mass is 32.2. The van der Waals surface area contributed by atoms with Gasteiger partial charge < -0.3 is 11.2 Å². The first-order chi connectivity index (χ1) is 13.1. The highest BCUT2D eigenvalue weighted by Gasteiger charge is 2.12. The molecule has 0 saturated carbocycles. The number of nitrogens with two attached hydrogens (primary N) is 1. The molecule has 8 nitrogen and oxygen atoms in total. The number of nitrogen functional groups attached to an aromatic ring is 1. The van der Waals surface area contributed by atoms with Crippen molar-refractivity contribution < 1.29 is 4.79 Å². The first kappa shape index (κ1) is 18.5. The highest BCUT2D eigenvalue weighted by molar-refractivity contribution is 7.99. The van der Waals surface area contributed by atoms with Crippen LogP contribution in [0, 0.1) is 6.92 Å². The molecule has 2 aromatic carbocycles. The number of aryl methyl sites for hydroxylation is 1. The van der Waals surface area contributed by atoms with Gasteiger partial charge in [0, 0.05) is 5.69 Å². The Morgan fingerprint density at radius 3 is 2.70 bits per heavy atom. The van der Waals surface area contributed by atoms with Gasteiger partial charge >= 0.3 is 0 Å². The Balaban J connectivity index is 1.53. The molecule has 1 amide bonds. The first-order valence-corrected chi connectivity index (χ1v) is 9.15. The molecular formula is C18H19N7OS. The fourth-order valence-electron chi connectivity index (χ4n) is 2.18. The summed E-state index contributed by atoms with van der Waals surface area (Å²) < 4.78 is 1.26. The topological polar surface area (TPSA) is 110 Å². The fraction of sp³-hybridized carbons (Fsp3) is 0.111. The Labute approximate surface area is 160 Å². The number of carbonyl (C=O) groups is 1. The van der Waals surface area contributed by atoms with Gasteiger partial charge in [-0.2, -0.15) is 5.10 Å². The van der Waals surface area contributed by atoms with E-state index in [9.17, 15) is 4.79 Å². The molecule has 0 atom stereocenters. The summed E-state index contributed by atoms with van der Waals surface area (Å²) in [6.45, 7) is 1.94. The van der Waals surface area contributed by atoms with Gasteiger partial charge in [-0.05, 0) is 24.1 Å². The van der Waals surface area contributed by atoms with Gasteiger partial charge in [0.2, 0.25) is 11.1 Å². The average Bonchev–Trinajstić information content (AvgIpc) is 3.03. The molecule has 0 spiro atoms. The number of hydrazone groups is 1. The highest BCUT2D eigenvalue weighted by Crippen LogP contribution is 2.18. The van der Waals surface area contributed by atoms with Crippen molar-refractivity contribution in [3.05, 3.63) is 65.7 Å². The van der Waals surface area contributed by atoms with Gasteiger partial charge in [0.1, 0.15) is 0 Å². The summed E-state index contributed by atoms with van der Waals surface area (Å²) in [4.78, 5) is 12.1. The predicted molar refractivity (Wildman–Crippen MR) is 108 cm³/mol. The van der Waals surface area contributed by atoms with Crippen molar-refractivity contribution in [3.63, 3.8) is 0 Å². The van der Waals surface area contributed by atoms with Gasteiger partial charge in [-0.1, -0.05) is 60.3 Å². The SMILES string of the molecule is Cc1ccccc1NC(=O)CSc1nnc(N/N=C/c2ccccc2)n1N. The van der Waals surface area contributed by atoms with Gasteiger partial charge in [-0.25, -0.2) is 10.1 Å². The maximum atomic E-state index is 12.1. The largest absolute Gasteiger partial charge is 0.334 e. The van der Waals surface area contributed by atoms with E-state index in [1.165, 1.54) is 16.4 Å². The Hall–Kier alpha value is -3.33. The third-order valence-electron chi connectivity index (χ3n) is 3.59. The van der Waals surface area contributed by atoms with E-state index in [2.05, 4.69) is 26.0 Å². The van der Waals surface area contributed by atoms with Crippen LogP contribution >= 0.6 is 11.8 Å². The van der Waals surface area contributed by atoms with E-state index < -0.39 is 0 Å². The average molecular weight is 381 g/mol. The Kier molecular flexibility index (Phi) is 6.06. The van der Waals surface area contributed by atoms with E-state index in [0.29, 0.717) is 5.16 Å². The normalized spacial score (nSPS) is 10.9. The standard InChI is InChI=1S/C18H19N7OS/c1-13-7-5-6-10-15(13)21-16(26)12-27-18-24-23-17(25(18)19)22-20-11-14-8-3-2-4-9-14/h2-11H,12,19H2,1H3,(H,21,26)(H,22,23)/b20-11+. The molecule has 0 fully saturated rings. The minimum atomic E-state index is -0.145. The number of thioether (sulfide) groups is 1. The van der Waals surface area contributed by atoms with Crippen LogP contribution in [0.4, 0.5) is 11.6 Å². The molecule has 3 rings (SSSR count). The van der Waals surface area contributed by atoms with Crippen LogP contribution in [0.1, 0.15) is 11.1 Å². The number of para-hydroxylation sites is 1. The molecule has 9 heteroatoms. The number of nitrogens with one attached hydrogen (secondary N) is 2. The van der Waals surface area contributed by atoms with E-state index in [1.54, 1.807) is 6.21 Å². The molecule has 0 radical (unpaired) electrons. The second kappa shape index (κ2) is 8.86. The maximum Gasteiger partial charge on any atom is 0.264 e. The zero-order valence-electron chi connectivity index (χ0n) is 14.7. The second-order valence-electron chi connectivity index (χ2n) is 5.61. The van der Waals surface area contributed by atoms with E-state index in [0.717, 1.165) is 16.8 Å². The van der Waals surface area contributed by atoms with E-state index >= 15 is 0 Å². The van der Waals surface area contributed by atoms with Crippen LogP contribution in [0.5, 0.6) is 0 Å². The van der Waals surface area contributed by atoms with Crippen molar-refractivity contribution in [2.75, 3.05) is 22.3 Å². The monoisotopic (exact) mass is 381 g/mol. The number of hydrogen-bond donors (Lipinski definition) is 3. The lowest BCUT2D eigenvalue weighted by Gasteiger charge is -2.07. The van der Waals surface area contributed by atoms with Crippen LogP contribution in [0.3, 0.4) is 0 Å². The van der Waals surface area contributed by atoms with Crippen molar-refractivity contribution in [3.8, 4) is 0 Å². The third-order valence-corrected chi connectivity index (χ3v) is 4.54. The number of amides is 1. The number of aromatic nitrogens is 3. The number of rotatable bonds is 7. The molecule has 0 aliphatic carbocycles. The molecule has 0 unspecified atom stereocenters. The van der Waals surface area contributed by atoms with Crippen molar-refractivity contribution >= 4 is 35.5 Å². The van der Waals surface area contributed by atoms with Crippen molar-refractivity contribution in [1.82, 2.24) is 14.9 Å². The Morgan fingerprint density at radius 2 is 1.93 bits per heavy atom. The quantitative estimate of drug-likeness (QED) is 0.251. The van der Waals surface area contributed by atoms with Crippen molar-refractivity contribution in [2.45, 2.75) is 12.1 Å². The van der Waals surface area contributed by atoms with Crippen LogP contribution in [0.25, 0.3) is 0 Å². The lowest BCUT2D eigenvalue weighted by molar-refractivity contribution is -0.113. The lowest BCUT2D eigenvalue weighted by atomic mass is 10.2. The Morgan fingerprint density at radius 1 is 1.19 bits per heavy atom. The van der Waals surface area contributed by atoms with Crippen molar-refractivity contribution in [1.29, 1.82) is 0 Å². The zero-order chi connectivity index (χ0) is 19.1. The summed E-state index contributed by atoms with van der Waals surface area (Å²) >= 11 is 1.19. The summed E-state index contributed by atoms with van der Waals surface area (Å²) in [6, 6.07) is 17.2. The van der Waals surface area contributed by atoms with E-state index in [1.807, 2.05) is 61.5 Å². The molecule has 0 bridgehead atoms. The van der Waals surface area contributed by atoms with Crippen LogP contribution in [0.2, 0.25) is 0 Å². The number of nitrogens with zero attached hydrogens (tertiary/aromatic N) is 4. The molecule has 1 heterocycles. The molecule has 0 aliphatic heterocycles. The smallest absolute Gasteiger partial charge is 0.264 e. The lowest BCUT2D eigenvalue weighted by Crippen LogP contribution is -2.17. The second-order valence-corrected chi connectivity index (χ2v) is 6.55. The minimum Gasteiger partial charge on any atom is -0.334 e. The summed E-state index contributed by atoms with van der Waals surface area (Å²) in [5, 5.41) is 15.3. The number of anilines is 2. The molecule has 1 aromatic heterocycles. The summed E-state index contributed by atoms with van der Waals surface area (Å²) in [7, 11) is 0. The van der Waals surface area contributed by atoms with Crippen molar-refractivity contribution in [2.24, 2.45) is 5.10 Å². The first-order valence-electron chi connectivity index (χ1n) is 8.16. The number of hydrogen-bond acceptors (Lipinski definition) is 7. The zero-order valence-corrected chi connectivity index (χ0v) is 15.5. The predicted octanol–water partition coefficient (Wildman–Crippen LogP) is 2.48. The van der Waals surface area contributed by atoms with Crippen LogP contribution in [-0.4, -0.2) is 32.7 Å². The molecule has 138 valence electrons. The number of carbonyl (C=O) groups excluding carboxylic acids is 1. The molecule has 0 aliphatic rings. The van der Waals surface area contributed by atoms with Gasteiger partial charge in [0.15, 0.2) is 0 Å². The van der Waals surface area contributed by atoms with Gasteiger partial charge in [0.25, 0.3) is 5.95 Å². The van der Waals surface area contributed by atoms with Gasteiger partial charge in [-0.15, -0.1) is 10.2 Å². The van der Waals surface area contributed by atoms with Gasteiger partial charge in [-0.3, -0.25) is 4.79 Å². The minimum absolute atomic E-state index is 0.145. The van der Waals surface area contributed by atoms with Crippen LogP contribution < -0.4 is 16.6 Å². The molecule has 4 N–H and O–H groups in total. The third kappa shape index (κ3) is 5.08. The maximum absolute atomic E-state index is 12.1. The molecule has 27 heavy (non-hydrogen) atoms. The molecule has 0 saturated heterocycles. The van der Waals surface area contributed by atoms with E-state index in [4.69, 9.17) is 5.84 Å². The fourth-order valence-corrected chi connectivity index (χ4v) is 2.84.